The molecule has 4 rings (SSSR count). The summed E-state index contributed by atoms with van der Waals surface area (Å²) in [5, 5.41) is 10.2. The number of aromatic carboxylic acids is 1. The molecule has 0 radical (unpaired) electrons. The third-order valence-corrected chi connectivity index (χ3v) is 4.78. The summed E-state index contributed by atoms with van der Waals surface area (Å²) < 4.78 is 11.7. The highest BCUT2D eigenvalue weighted by atomic mass is 16.5. The van der Waals surface area contributed by atoms with Crippen LogP contribution in [0.25, 0.3) is 10.9 Å². The minimum Gasteiger partial charge on any atom is -0.489 e. The number of carbonyl (C=O) groups is 1. The van der Waals surface area contributed by atoms with Crippen molar-refractivity contribution in [3.63, 3.8) is 0 Å². The molecule has 0 bridgehead atoms. The second kappa shape index (κ2) is 8.66. The van der Waals surface area contributed by atoms with Gasteiger partial charge in [0.1, 0.15) is 24.7 Å². The summed E-state index contributed by atoms with van der Waals surface area (Å²) >= 11 is 0. The Morgan fingerprint density at radius 2 is 1.67 bits per heavy atom. The Bertz CT molecular complexity index is 1200. The van der Waals surface area contributed by atoms with Crippen LogP contribution < -0.4 is 9.47 Å². The molecule has 5 nitrogen and oxygen atoms in total. The molecule has 1 heterocycles. The Morgan fingerprint density at radius 3 is 2.50 bits per heavy atom. The zero-order valence-corrected chi connectivity index (χ0v) is 16.5. The molecular formula is C25H21NO4. The summed E-state index contributed by atoms with van der Waals surface area (Å²) in [6.45, 7) is 2.49. The fourth-order valence-corrected chi connectivity index (χ4v) is 3.20. The van der Waals surface area contributed by atoms with Crippen LogP contribution in [0.15, 0.2) is 78.9 Å². The number of rotatable bonds is 7. The lowest BCUT2D eigenvalue weighted by molar-refractivity contribution is 0.0696. The van der Waals surface area contributed by atoms with E-state index in [1.165, 1.54) is 0 Å². The number of nitrogens with zero attached hydrogens (tertiary/aromatic N) is 1. The highest BCUT2D eigenvalue weighted by molar-refractivity contribution is 5.89. The van der Waals surface area contributed by atoms with Crippen molar-refractivity contribution in [1.82, 2.24) is 4.98 Å². The van der Waals surface area contributed by atoms with Gasteiger partial charge in [-0.25, -0.2) is 9.78 Å². The molecular weight excluding hydrogens is 378 g/mol. The number of aryl methyl sites for hydroxylation is 1. The van der Waals surface area contributed by atoms with E-state index >= 15 is 0 Å². The maximum Gasteiger partial charge on any atom is 0.335 e. The van der Waals surface area contributed by atoms with Gasteiger partial charge in [0.15, 0.2) is 0 Å². The van der Waals surface area contributed by atoms with Gasteiger partial charge >= 0.3 is 5.97 Å². The first-order valence-electron chi connectivity index (χ1n) is 9.62. The monoisotopic (exact) mass is 399 g/mol. The molecule has 0 saturated heterocycles. The Labute approximate surface area is 174 Å². The number of benzene rings is 3. The van der Waals surface area contributed by atoms with Crippen LogP contribution in [-0.4, -0.2) is 16.1 Å². The smallest absolute Gasteiger partial charge is 0.335 e. The summed E-state index contributed by atoms with van der Waals surface area (Å²) in [5.41, 5.74) is 3.72. The topological polar surface area (TPSA) is 68.7 Å². The number of hydrogen-bond acceptors (Lipinski definition) is 4. The first-order valence-corrected chi connectivity index (χ1v) is 9.62. The number of fused-ring (bicyclic) bond motifs is 1. The van der Waals surface area contributed by atoms with Crippen LogP contribution >= 0.6 is 0 Å². The van der Waals surface area contributed by atoms with E-state index in [9.17, 15) is 4.79 Å². The number of hydrogen-bond donors (Lipinski definition) is 1. The third-order valence-electron chi connectivity index (χ3n) is 4.78. The van der Waals surface area contributed by atoms with Gasteiger partial charge in [-0.1, -0.05) is 36.4 Å². The molecule has 0 unspecified atom stereocenters. The lowest BCUT2D eigenvalue weighted by Crippen LogP contribution is -2.02. The molecule has 0 spiro atoms. The van der Waals surface area contributed by atoms with E-state index in [1.54, 1.807) is 25.1 Å². The van der Waals surface area contributed by atoms with Gasteiger partial charge in [0.05, 0.1) is 16.8 Å². The molecule has 0 atom stereocenters. The number of aromatic nitrogens is 1. The normalized spacial score (nSPS) is 10.7. The van der Waals surface area contributed by atoms with Gasteiger partial charge in [-0.3, -0.25) is 0 Å². The molecule has 0 amide bonds. The van der Waals surface area contributed by atoms with Crippen LogP contribution in [0.1, 0.15) is 27.2 Å². The van der Waals surface area contributed by atoms with Gasteiger partial charge in [0.2, 0.25) is 0 Å². The van der Waals surface area contributed by atoms with Crippen LogP contribution in [0.4, 0.5) is 0 Å². The van der Waals surface area contributed by atoms with E-state index in [2.05, 4.69) is 4.98 Å². The van der Waals surface area contributed by atoms with E-state index in [4.69, 9.17) is 14.6 Å². The van der Waals surface area contributed by atoms with Crippen molar-refractivity contribution in [3.05, 3.63) is 101 Å². The van der Waals surface area contributed by atoms with Crippen molar-refractivity contribution in [3.8, 4) is 11.5 Å². The second-order valence-electron chi connectivity index (χ2n) is 7.00. The summed E-state index contributed by atoms with van der Waals surface area (Å²) in [5.74, 6) is 0.428. The second-order valence-corrected chi connectivity index (χ2v) is 7.00. The summed E-state index contributed by atoms with van der Waals surface area (Å²) in [4.78, 5) is 15.7. The van der Waals surface area contributed by atoms with Crippen LogP contribution in [0.3, 0.4) is 0 Å². The van der Waals surface area contributed by atoms with Gasteiger partial charge in [-0.2, -0.15) is 0 Å². The van der Waals surface area contributed by atoms with Gasteiger partial charge in [-0.15, -0.1) is 0 Å². The van der Waals surface area contributed by atoms with Crippen LogP contribution in [0.2, 0.25) is 0 Å². The Balaban J connectivity index is 1.38. The Morgan fingerprint density at radius 1 is 0.867 bits per heavy atom. The van der Waals surface area contributed by atoms with E-state index in [1.807, 2.05) is 60.7 Å². The summed E-state index contributed by atoms with van der Waals surface area (Å²) in [7, 11) is 0. The van der Waals surface area contributed by atoms with Crippen molar-refractivity contribution in [2.24, 2.45) is 0 Å². The fraction of sp³-hybridized carbons (Fsp3) is 0.120. The average molecular weight is 399 g/mol. The summed E-state index contributed by atoms with van der Waals surface area (Å²) in [6.07, 6.45) is 0. The number of ether oxygens (including phenoxy) is 2. The lowest BCUT2D eigenvalue weighted by Gasteiger charge is -2.11. The van der Waals surface area contributed by atoms with E-state index in [0.717, 1.165) is 27.9 Å². The van der Waals surface area contributed by atoms with E-state index in [-0.39, 0.29) is 5.56 Å². The van der Waals surface area contributed by atoms with Crippen LogP contribution in [-0.2, 0) is 13.2 Å². The molecule has 0 aliphatic carbocycles. The number of carboxylic acid groups (broad SMARTS) is 1. The maximum absolute atomic E-state index is 11.1. The molecule has 5 heteroatoms. The molecule has 4 aromatic rings. The van der Waals surface area contributed by atoms with Gasteiger partial charge in [-0.05, 0) is 60.5 Å². The average Bonchev–Trinajstić information content (AvgIpc) is 2.76. The number of pyridine rings is 1. The molecule has 150 valence electrons. The molecule has 0 aliphatic rings. The number of para-hydroxylation sites is 1. The highest BCUT2D eigenvalue weighted by Gasteiger charge is 2.08. The van der Waals surface area contributed by atoms with Crippen molar-refractivity contribution in [2.45, 2.75) is 20.1 Å². The van der Waals surface area contributed by atoms with Crippen molar-refractivity contribution >= 4 is 16.9 Å². The van der Waals surface area contributed by atoms with Gasteiger partial charge in [0.25, 0.3) is 0 Å². The molecule has 0 aliphatic heterocycles. The van der Waals surface area contributed by atoms with Gasteiger partial charge in [0, 0.05) is 5.39 Å². The highest BCUT2D eigenvalue weighted by Crippen LogP contribution is 2.21. The third kappa shape index (κ3) is 4.58. The minimum atomic E-state index is -0.940. The Hall–Kier alpha value is -3.86. The zero-order chi connectivity index (χ0) is 20.9. The molecule has 1 aromatic heterocycles. The Kier molecular flexibility index (Phi) is 5.61. The quantitative estimate of drug-likeness (QED) is 0.451. The van der Waals surface area contributed by atoms with E-state index < -0.39 is 5.97 Å². The molecule has 1 N–H and O–H groups in total. The fourth-order valence-electron chi connectivity index (χ4n) is 3.20. The molecule has 30 heavy (non-hydrogen) atoms. The largest absolute Gasteiger partial charge is 0.489 e. The molecule has 0 fully saturated rings. The predicted molar refractivity (Wildman–Crippen MR) is 115 cm³/mol. The van der Waals surface area contributed by atoms with Crippen LogP contribution in [0.5, 0.6) is 11.5 Å². The first-order chi connectivity index (χ1) is 14.6. The van der Waals surface area contributed by atoms with Crippen molar-refractivity contribution in [2.75, 3.05) is 0 Å². The number of carboxylic acids is 1. The molecule has 0 saturated carbocycles. The zero-order valence-electron chi connectivity index (χ0n) is 16.5. The van der Waals surface area contributed by atoms with Crippen molar-refractivity contribution in [1.29, 1.82) is 0 Å². The maximum atomic E-state index is 11.1. The first kappa shape index (κ1) is 19.5. The van der Waals surface area contributed by atoms with Crippen molar-refractivity contribution < 1.29 is 19.4 Å². The van der Waals surface area contributed by atoms with Gasteiger partial charge < -0.3 is 14.6 Å². The standard InChI is InChI=1S/C25H21NO4/c1-17-13-22(11-12-23(17)25(27)28)29-15-18-5-4-7-21(14-18)30-16-20-10-9-19-6-2-3-8-24(19)26-20/h2-14H,15-16H2,1H3,(H,27,28). The van der Waals surface area contributed by atoms with E-state index in [0.29, 0.717) is 24.5 Å². The SMILES string of the molecule is Cc1cc(OCc2cccc(OCc3ccc4ccccc4n3)c2)ccc1C(=O)O. The minimum absolute atomic E-state index is 0.278. The van der Waals surface area contributed by atoms with Crippen LogP contribution in [0, 0.1) is 6.92 Å². The lowest BCUT2D eigenvalue weighted by atomic mass is 10.1. The molecule has 3 aromatic carbocycles. The summed E-state index contributed by atoms with van der Waals surface area (Å²) in [6, 6.07) is 24.7. The predicted octanol–water partition coefficient (Wildman–Crippen LogP) is 5.40.